The van der Waals surface area contributed by atoms with Crippen LogP contribution >= 0.6 is 0 Å². The van der Waals surface area contributed by atoms with Crippen LogP contribution in [-0.4, -0.2) is 148 Å². The Kier molecular flexibility index (Phi) is 25.4. The van der Waals surface area contributed by atoms with E-state index in [-0.39, 0.29) is 67.7 Å². The van der Waals surface area contributed by atoms with Crippen LogP contribution in [0.5, 0.6) is 0 Å². The molecule has 1 heterocycles. The number of nitrogens with two attached hydrogens (primary N) is 2. The molecule has 4 aliphatic rings. The number of aliphatic imine (C=N–C) groups is 1. The van der Waals surface area contributed by atoms with Gasteiger partial charge in [0, 0.05) is 20.0 Å². The lowest BCUT2D eigenvalue weighted by Crippen LogP contribution is -2.67. The maximum atomic E-state index is 14.4. The van der Waals surface area contributed by atoms with Gasteiger partial charge in [-0.05, 0) is 163 Å². The highest BCUT2D eigenvalue weighted by atomic mass is 16.4. The SMILES string of the molecule is CC(C)C[C@H](NC(=O)[C@H](CCC(=O)O)N[C@@H](O)[C@](C)(CC(C)C)NC(O)[C@H](CC1CCC2CCC=CC2C1)NC(=O)[C@H](CC1CCC(C(N)O)CC1)NC=O)C(=O)N[C@@H](CC1CCC=NC1)C(=O)N(C)CC(N)=O. The summed E-state index contributed by atoms with van der Waals surface area (Å²) in [5.41, 5.74) is 9.73. The molecule has 21 heteroatoms. The fourth-order valence-electron chi connectivity index (χ4n) is 11.8. The highest BCUT2D eigenvalue weighted by molar-refractivity contribution is 5.94. The normalized spacial score (nSPS) is 25.9. The number of carbonyl (C=O) groups excluding carboxylic acids is 6. The molecule has 0 aromatic rings. The molecule has 6 unspecified atom stereocenters. The summed E-state index contributed by atoms with van der Waals surface area (Å²) in [6, 6.07) is -5.46. The number of hydrogen-bond acceptors (Lipinski definition) is 14. The van der Waals surface area contributed by atoms with Gasteiger partial charge in [0.15, 0.2) is 0 Å². The molecule has 2 fully saturated rings. The Balaban J connectivity index is 1.59. The molecule has 1 aliphatic heterocycles. The Bertz CT molecular complexity index is 1900. The summed E-state index contributed by atoms with van der Waals surface area (Å²) >= 11 is 0. The standard InChI is InChI=1S/C53H92N10O11/c1-31(2)22-41(49(71)60-43(26-35-10-9-21-56-28-35)51(73)63(6)29-44(54)65)58-47(69)39(19-20-45(66)67)61-52(74)53(5,27-32(3)4)62-50(72)42(25-34-15-16-36-11-7-8-12-38(36)23-34)59-48(70)40(57-30-64)24-33-13-17-37(18-14-33)46(55)68/h8,12,21,30-43,46,50,52,61-62,68,72,74H,7,9-11,13-20,22-29,55H2,1-6H3,(H2,54,65)(H,57,64)(H,58,69)(H,59,70)(H,60,71)(H,66,67)/t33?,34?,35?,36?,37?,38?,39-,40-,41-,42-,43-,46?,50?,52-,53-/m0/s1. The first-order valence-corrected chi connectivity index (χ1v) is 27.3. The minimum absolute atomic E-state index is 0.0364. The molecule has 2 saturated carbocycles. The smallest absolute Gasteiger partial charge is 0.303 e. The summed E-state index contributed by atoms with van der Waals surface area (Å²) in [5, 5.41) is 61.9. The van der Waals surface area contributed by atoms with E-state index in [1.807, 2.05) is 33.9 Å². The van der Waals surface area contributed by atoms with Crippen molar-refractivity contribution in [3.63, 3.8) is 0 Å². The highest BCUT2D eigenvalue weighted by Gasteiger charge is 2.42. The van der Waals surface area contributed by atoms with Crippen molar-refractivity contribution in [2.24, 2.45) is 63.8 Å². The van der Waals surface area contributed by atoms with Crippen molar-refractivity contribution in [3.8, 4) is 0 Å². The summed E-state index contributed by atoms with van der Waals surface area (Å²) in [7, 11) is 1.41. The molecule has 0 radical (unpaired) electrons. The van der Waals surface area contributed by atoms with Crippen LogP contribution in [-0.2, 0) is 33.6 Å². The molecule has 6 amide bonds. The number of aliphatic hydroxyl groups excluding tert-OH is 3. The molecule has 3 aliphatic carbocycles. The van der Waals surface area contributed by atoms with E-state index in [2.05, 4.69) is 49.0 Å². The quantitative estimate of drug-likeness (QED) is 0.0266. The van der Waals surface area contributed by atoms with Crippen LogP contribution in [0.2, 0.25) is 0 Å². The summed E-state index contributed by atoms with van der Waals surface area (Å²) in [5.74, 6) is -3.56. The number of likely N-dealkylation sites (N-methyl/N-ethyl adjacent to an activating group) is 1. The molecular weight excluding hydrogens is 953 g/mol. The van der Waals surface area contributed by atoms with Crippen molar-refractivity contribution < 1.29 is 54.0 Å². The van der Waals surface area contributed by atoms with Crippen molar-refractivity contribution in [2.75, 3.05) is 20.1 Å². The number of carboxylic acids is 1. The van der Waals surface area contributed by atoms with Gasteiger partial charge in [-0.2, -0.15) is 0 Å². The Morgan fingerprint density at radius 2 is 1.45 bits per heavy atom. The molecule has 0 aromatic carbocycles. The molecule has 0 saturated heterocycles. The molecule has 21 nitrogen and oxygen atoms in total. The number of primary amides is 1. The lowest BCUT2D eigenvalue weighted by Gasteiger charge is -2.43. The zero-order chi connectivity index (χ0) is 54.7. The molecule has 14 N–H and O–H groups in total. The number of amides is 6. The molecule has 74 heavy (non-hydrogen) atoms. The number of allylic oxidation sites excluding steroid dienone is 2. The van der Waals surface area contributed by atoms with Gasteiger partial charge in [-0.25, -0.2) is 0 Å². The number of aliphatic hydroxyl groups is 3. The predicted molar refractivity (Wildman–Crippen MR) is 280 cm³/mol. The third-order valence-electron chi connectivity index (χ3n) is 15.8. The van der Waals surface area contributed by atoms with E-state index < -0.39 is 96.4 Å². The lowest BCUT2D eigenvalue weighted by atomic mass is 9.69. The van der Waals surface area contributed by atoms with E-state index in [0.29, 0.717) is 56.9 Å². The zero-order valence-corrected chi connectivity index (χ0v) is 44.9. The first kappa shape index (κ1) is 62.0. The van der Waals surface area contributed by atoms with Crippen LogP contribution in [0.1, 0.15) is 150 Å². The Morgan fingerprint density at radius 1 is 0.797 bits per heavy atom. The maximum absolute atomic E-state index is 14.4. The molecule has 0 spiro atoms. The number of nitrogens with zero attached hydrogens (tertiary/aromatic N) is 2. The van der Waals surface area contributed by atoms with Gasteiger partial charge in [0.2, 0.25) is 35.9 Å². The fraction of sp³-hybridized carbons (Fsp3) is 0.811. The second-order valence-electron chi connectivity index (χ2n) is 23.1. The first-order chi connectivity index (χ1) is 35.0. The fourth-order valence-corrected chi connectivity index (χ4v) is 11.8. The lowest BCUT2D eigenvalue weighted by molar-refractivity contribution is -0.139. The number of hydrogen-bond donors (Lipinski definition) is 12. The number of carbonyl (C=O) groups is 7. The van der Waals surface area contributed by atoms with E-state index in [9.17, 15) is 54.0 Å². The topological polar surface area (TPSA) is 340 Å². The van der Waals surface area contributed by atoms with Crippen molar-refractivity contribution in [1.29, 1.82) is 0 Å². The van der Waals surface area contributed by atoms with Gasteiger partial charge in [-0.1, -0.05) is 46.3 Å². The predicted octanol–water partition coefficient (Wildman–Crippen LogP) is 1.52. The average Bonchev–Trinajstić information content (AvgIpc) is 3.33. The Morgan fingerprint density at radius 3 is 2.05 bits per heavy atom. The van der Waals surface area contributed by atoms with Crippen LogP contribution in [0, 0.1) is 47.3 Å². The Labute approximate surface area is 438 Å². The number of carboxylic acid groups (broad SMARTS) is 1. The molecular formula is C53H92N10O11. The van der Waals surface area contributed by atoms with Crippen molar-refractivity contribution in [1.82, 2.24) is 36.8 Å². The van der Waals surface area contributed by atoms with Gasteiger partial charge in [0.25, 0.3) is 0 Å². The van der Waals surface area contributed by atoms with Crippen LogP contribution in [0.4, 0.5) is 0 Å². The Hall–Kier alpha value is -4.54. The van der Waals surface area contributed by atoms with Gasteiger partial charge in [-0.15, -0.1) is 0 Å². The van der Waals surface area contributed by atoms with Gasteiger partial charge in [0.1, 0.15) is 36.8 Å². The summed E-state index contributed by atoms with van der Waals surface area (Å²) < 4.78 is 0. The number of aliphatic carboxylic acids is 1. The molecule has 13 atom stereocenters. The minimum atomic E-state index is -1.62. The van der Waals surface area contributed by atoms with E-state index in [4.69, 9.17) is 11.5 Å². The molecule has 420 valence electrons. The van der Waals surface area contributed by atoms with Crippen LogP contribution in [0.25, 0.3) is 0 Å². The summed E-state index contributed by atoms with van der Waals surface area (Å²) in [4.78, 5) is 97.8. The number of nitrogens with one attached hydrogen (secondary N) is 6. The van der Waals surface area contributed by atoms with E-state index in [0.717, 1.165) is 56.3 Å². The zero-order valence-electron chi connectivity index (χ0n) is 44.9. The molecule has 0 bridgehead atoms. The van der Waals surface area contributed by atoms with Crippen LogP contribution in [0.15, 0.2) is 17.1 Å². The van der Waals surface area contributed by atoms with Crippen LogP contribution in [0.3, 0.4) is 0 Å². The second kappa shape index (κ2) is 30.3. The summed E-state index contributed by atoms with van der Waals surface area (Å²) in [6.45, 7) is 9.27. The van der Waals surface area contributed by atoms with Gasteiger partial charge >= 0.3 is 5.97 Å². The number of rotatable bonds is 31. The third-order valence-corrected chi connectivity index (χ3v) is 15.8. The number of fused-ring (bicyclic) bond motifs is 1. The van der Waals surface area contributed by atoms with Crippen LogP contribution < -0.4 is 43.4 Å². The summed E-state index contributed by atoms with van der Waals surface area (Å²) in [6.07, 6.45) is 12.5. The van der Waals surface area contributed by atoms with E-state index in [1.165, 1.54) is 7.05 Å². The maximum Gasteiger partial charge on any atom is 0.303 e. The molecule has 0 aromatic heterocycles. The van der Waals surface area contributed by atoms with Gasteiger partial charge in [0.05, 0.1) is 24.2 Å². The van der Waals surface area contributed by atoms with E-state index in [1.54, 1.807) is 6.92 Å². The second-order valence-corrected chi connectivity index (χ2v) is 23.1. The highest BCUT2D eigenvalue weighted by Crippen LogP contribution is 2.42. The first-order valence-electron chi connectivity index (χ1n) is 27.3. The van der Waals surface area contributed by atoms with Crippen molar-refractivity contribution in [2.45, 2.75) is 205 Å². The largest absolute Gasteiger partial charge is 0.481 e. The molecule has 4 rings (SSSR count). The van der Waals surface area contributed by atoms with Gasteiger partial charge in [-0.3, -0.25) is 49.2 Å². The third kappa shape index (κ3) is 20.2. The van der Waals surface area contributed by atoms with Crippen molar-refractivity contribution >= 4 is 48.1 Å². The van der Waals surface area contributed by atoms with E-state index >= 15 is 0 Å². The van der Waals surface area contributed by atoms with Gasteiger partial charge < -0.3 is 58.1 Å². The average molecular weight is 1050 g/mol. The monoisotopic (exact) mass is 1040 g/mol. The van der Waals surface area contributed by atoms with Crippen molar-refractivity contribution in [3.05, 3.63) is 12.2 Å². The minimum Gasteiger partial charge on any atom is -0.481 e.